The summed E-state index contributed by atoms with van der Waals surface area (Å²) < 4.78 is 24.4. The maximum absolute atomic E-state index is 11.0. The van der Waals surface area contributed by atoms with Crippen LogP contribution in [0.1, 0.15) is 36.6 Å². The van der Waals surface area contributed by atoms with Gasteiger partial charge in [-0.15, -0.1) is 0 Å². The fourth-order valence-electron chi connectivity index (χ4n) is 1.92. The Morgan fingerprint density at radius 1 is 1.24 bits per heavy atom. The highest BCUT2D eigenvalue weighted by atomic mass is 32.2. The number of hydrazine groups is 1. The van der Waals surface area contributed by atoms with Crippen LogP contribution in [0.2, 0.25) is 0 Å². The van der Waals surface area contributed by atoms with Crippen LogP contribution in [0.25, 0.3) is 0 Å². The van der Waals surface area contributed by atoms with Gasteiger partial charge in [-0.05, 0) is 26.2 Å². The van der Waals surface area contributed by atoms with Gasteiger partial charge in [0.1, 0.15) is 17.5 Å². The number of aromatic nitrogens is 2. The van der Waals surface area contributed by atoms with Crippen LogP contribution in [0.4, 0.5) is 11.6 Å². The van der Waals surface area contributed by atoms with Crippen molar-refractivity contribution >= 4 is 21.7 Å². The average molecular weight is 314 g/mol. The zero-order valence-electron chi connectivity index (χ0n) is 12.3. The zero-order chi connectivity index (χ0) is 15.5. The Balaban J connectivity index is 1.94. The maximum atomic E-state index is 11.0. The second-order valence-corrected chi connectivity index (χ2v) is 7.10. The van der Waals surface area contributed by atoms with Crippen molar-refractivity contribution in [3.05, 3.63) is 11.4 Å². The summed E-state index contributed by atoms with van der Waals surface area (Å²) in [6, 6.07) is 0. The molecule has 118 valence electrons. The SMILES string of the molecule is Cc1c(NN)nc(C2CC2)nc1NCCCNS(C)(=O)=O. The van der Waals surface area contributed by atoms with Gasteiger partial charge in [-0.2, -0.15) is 0 Å². The van der Waals surface area contributed by atoms with Gasteiger partial charge in [-0.25, -0.2) is 29.0 Å². The maximum Gasteiger partial charge on any atom is 0.208 e. The fraction of sp³-hybridized carbons (Fsp3) is 0.667. The lowest BCUT2D eigenvalue weighted by atomic mass is 10.2. The van der Waals surface area contributed by atoms with Gasteiger partial charge in [0.15, 0.2) is 0 Å². The number of hydrogen-bond donors (Lipinski definition) is 4. The van der Waals surface area contributed by atoms with Gasteiger partial charge in [0, 0.05) is 24.6 Å². The van der Waals surface area contributed by atoms with Crippen LogP contribution in [0.15, 0.2) is 0 Å². The van der Waals surface area contributed by atoms with E-state index in [1.165, 1.54) is 0 Å². The lowest BCUT2D eigenvalue weighted by molar-refractivity contribution is 0.586. The molecule has 0 atom stereocenters. The Morgan fingerprint density at radius 2 is 1.90 bits per heavy atom. The minimum absolute atomic E-state index is 0.396. The smallest absolute Gasteiger partial charge is 0.208 e. The quantitative estimate of drug-likeness (QED) is 0.309. The molecule has 0 spiro atoms. The highest BCUT2D eigenvalue weighted by Gasteiger charge is 2.28. The third-order valence-corrected chi connectivity index (χ3v) is 3.98. The van der Waals surface area contributed by atoms with Crippen molar-refractivity contribution in [2.24, 2.45) is 5.84 Å². The van der Waals surface area contributed by atoms with Crippen molar-refractivity contribution in [3.8, 4) is 0 Å². The van der Waals surface area contributed by atoms with Gasteiger partial charge in [-0.3, -0.25) is 0 Å². The molecule has 0 saturated heterocycles. The Labute approximate surface area is 125 Å². The molecule has 0 aromatic carbocycles. The minimum atomic E-state index is -3.13. The number of nitrogens with zero attached hydrogens (tertiary/aromatic N) is 2. The number of nitrogens with one attached hydrogen (secondary N) is 3. The van der Waals surface area contributed by atoms with Crippen molar-refractivity contribution in [2.75, 3.05) is 30.1 Å². The van der Waals surface area contributed by atoms with E-state index < -0.39 is 10.0 Å². The summed E-state index contributed by atoms with van der Waals surface area (Å²) in [5, 5.41) is 3.22. The highest BCUT2D eigenvalue weighted by Crippen LogP contribution is 2.39. The highest BCUT2D eigenvalue weighted by molar-refractivity contribution is 7.88. The van der Waals surface area contributed by atoms with Gasteiger partial charge in [0.05, 0.1) is 6.26 Å². The van der Waals surface area contributed by atoms with E-state index in [-0.39, 0.29) is 0 Å². The summed E-state index contributed by atoms with van der Waals surface area (Å²) in [5.74, 6) is 8.11. The van der Waals surface area contributed by atoms with Crippen molar-refractivity contribution in [3.63, 3.8) is 0 Å². The second-order valence-electron chi connectivity index (χ2n) is 5.27. The van der Waals surface area contributed by atoms with Crippen LogP contribution in [0.5, 0.6) is 0 Å². The molecule has 8 nitrogen and oxygen atoms in total. The number of nitrogen functional groups attached to an aromatic ring is 1. The van der Waals surface area contributed by atoms with Gasteiger partial charge >= 0.3 is 0 Å². The van der Waals surface area contributed by atoms with E-state index in [4.69, 9.17) is 5.84 Å². The molecule has 1 fully saturated rings. The van der Waals surface area contributed by atoms with E-state index in [9.17, 15) is 8.42 Å². The molecule has 1 aliphatic carbocycles. The Hall–Kier alpha value is -1.45. The molecule has 0 amide bonds. The second kappa shape index (κ2) is 6.54. The number of sulfonamides is 1. The standard InChI is InChI=1S/C12H22N6O2S/c1-8-10(14-6-3-7-15-21(2,19)20)16-12(9-4-5-9)17-11(8)18-13/h9,15H,3-7,13H2,1-2H3,(H2,14,16,17,18). The van der Waals surface area contributed by atoms with E-state index in [0.717, 1.165) is 36.3 Å². The Kier molecular flexibility index (Phi) is 4.96. The molecule has 1 aromatic heterocycles. The van der Waals surface area contributed by atoms with Crippen LogP contribution in [-0.4, -0.2) is 37.7 Å². The lowest BCUT2D eigenvalue weighted by Gasteiger charge is -2.13. The molecule has 1 heterocycles. The molecule has 1 saturated carbocycles. The molecular formula is C12H22N6O2S. The van der Waals surface area contributed by atoms with Crippen molar-refractivity contribution in [2.45, 2.75) is 32.1 Å². The van der Waals surface area contributed by atoms with Crippen LogP contribution >= 0.6 is 0 Å². The zero-order valence-corrected chi connectivity index (χ0v) is 13.1. The first-order chi connectivity index (χ1) is 9.90. The fourth-order valence-corrected chi connectivity index (χ4v) is 2.44. The van der Waals surface area contributed by atoms with E-state index in [1.54, 1.807) is 0 Å². The molecule has 0 aliphatic heterocycles. The predicted octanol–water partition coefficient (Wildman–Crippen LogP) is 0.299. The molecule has 1 aliphatic rings. The van der Waals surface area contributed by atoms with E-state index in [1.807, 2.05) is 6.92 Å². The summed E-state index contributed by atoms with van der Waals surface area (Å²) in [7, 11) is -3.13. The van der Waals surface area contributed by atoms with Gasteiger partial charge in [0.2, 0.25) is 10.0 Å². The number of anilines is 2. The first-order valence-corrected chi connectivity index (χ1v) is 8.83. The van der Waals surface area contributed by atoms with Gasteiger partial charge in [0.25, 0.3) is 0 Å². The van der Waals surface area contributed by atoms with Crippen LogP contribution in [-0.2, 0) is 10.0 Å². The van der Waals surface area contributed by atoms with E-state index >= 15 is 0 Å². The largest absolute Gasteiger partial charge is 0.370 e. The summed E-state index contributed by atoms with van der Waals surface area (Å²) in [5.41, 5.74) is 3.46. The normalized spacial score (nSPS) is 15.0. The van der Waals surface area contributed by atoms with Crippen molar-refractivity contribution in [1.29, 1.82) is 0 Å². The molecular weight excluding hydrogens is 292 g/mol. The first-order valence-electron chi connectivity index (χ1n) is 6.94. The Morgan fingerprint density at radius 3 is 2.48 bits per heavy atom. The van der Waals surface area contributed by atoms with Crippen LogP contribution < -0.4 is 21.3 Å². The van der Waals surface area contributed by atoms with Crippen molar-refractivity contribution in [1.82, 2.24) is 14.7 Å². The molecule has 0 bridgehead atoms. The molecule has 9 heteroatoms. The van der Waals surface area contributed by atoms with Crippen LogP contribution in [0.3, 0.4) is 0 Å². The third kappa shape index (κ3) is 4.80. The van der Waals surface area contributed by atoms with Gasteiger partial charge in [-0.1, -0.05) is 0 Å². The van der Waals surface area contributed by atoms with Crippen LogP contribution in [0, 0.1) is 6.92 Å². The minimum Gasteiger partial charge on any atom is -0.370 e. The molecule has 2 rings (SSSR count). The van der Waals surface area contributed by atoms with E-state index in [0.29, 0.717) is 31.2 Å². The molecule has 21 heavy (non-hydrogen) atoms. The predicted molar refractivity (Wildman–Crippen MR) is 82.5 cm³/mol. The monoisotopic (exact) mass is 314 g/mol. The molecule has 0 radical (unpaired) electrons. The van der Waals surface area contributed by atoms with Crippen molar-refractivity contribution < 1.29 is 8.42 Å². The summed E-state index contributed by atoms with van der Waals surface area (Å²) in [6.07, 6.45) is 4.05. The summed E-state index contributed by atoms with van der Waals surface area (Å²) in [4.78, 5) is 8.94. The number of hydrogen-bond acceptors (Lipinski definition) is 7. The molecule has 0 unspecified atom stereocenters. The topological polar surface area (TPSA) is 122 Å². The Bertz CT molecular complexity index is 600. The van der Waals surface area contributed by atoms with E-state index in [2.05, 4.69) is 25.4 Å². The van der Waals surface area contributed by atoms with Gasteiger partial charge < -0.3 is 10.7 Å². The number of nitrogens with two attached hydrogens (primary N) is 1. The third-order valence-electron chi connectivity index (χ3n) is 3.25. The summed E-state index contributed by atoms with van der Waals surface area (Å²) in [6.45, 7) is 2.91. The summed E-state index contributed by atoms with van der Waals surface area (Å²) >= 11 is 0. The molecule has 1 aromatic rings. The number of rotatable bonds is 8. The first kappa shape index (κ1) is 15.9. The molecule has 5 N–H and O–H groups in total. The lowest BCUT2D eigenvalue weighted by Crippen LogP contribution is -2.24. The average Bonchev–Trinajstić information content (AvgIpc) is 3.23.